The normalized spacial score (nSPS) is 22.0. The zero-order valence-corrected chi connectivity index (χ0v) is 10.3. The number of hydrogen-bond acceptors (Lipinski definition) is 2. The minimum atomic E-state index is -2.49. The largest absolute Gasteiger partial charge is 0.497 e. The van der Waals surface area contributed by atoms with Gasteiger partial charge in [-0.3, -0.25) is 0 Å². The maximum atomic E-state index is 8.36. The highest BCUT2D eigenvalue weighted by Gasteiger charge is 2.08. The zero-order valence-electron chi connectivity index (χ0n) is 15.3. The van der Waals surface area contributed by atoms with E-state index in [1.165, 1.54) is 0 Å². The smallest absolute Gasteiger partial charge is 0.119 e. The number of fused-ring (bicyclic) bond motifs is 1. The standard InChI is InChI=1S/C14H20N2O/c1-11(15(2)3)10-16-8-7-12-9-13(17-4)5-6-14(12)16/h5-9,11H,10H2,1-4H3/t11-/m1/s1/i4D3,10D,11D/t10?,11-. The Bertz CT molecular complexity index is 663. The number of methoxy groups -OCH3 is 1. The van der Waals surface area contributed by atoms with Gasteiger partial charge in [0.2, 0.25) is 0 Å². The van der Waals surface area contributed by atoms with Crippen molar-refractivity contribution in [3.05, 3.63) is 30.5 Å². The average Bonchev–Trinajstić information content (AvgIpc) is 2.78. The maximum absolute atomic E-state index is 8.36. The lowest BCUT2D eigenvalue weighted by molar-refractivity contribution is 0.286. The first kappa shape index (κ1) is 7.07. The van der Waals surface area contributed by atoms with Crippen molar-refractivity contribution in [1.29, 1.82) is 0 Å². The lowest BCUT2D eigenvalue weighted by Gasteiger charge is -2.20. The van der Waals surface area contributed by atoms with Crippen molar-refractivity contribution in [3.63, 3.8) is 0 Å². The van der Waals surface area contributed by atoms with Gasteiger partial charge in [0, 0.05) is 31.0 Å². The van der Waals surface area contributed by atoms with Gasteiger partial charge in [0.25, 0.3) is 0 Å². The lowest BCUT2D eigenvalue weighted by Crippen LogP contribution is -2.28. The van der Waals surface area contributed by atoms with Gasteiger partial charge in [-0.1, -0.05) is 0 Å². The molecular weight excluding hydrogens is 212 g/mol. The number of ether oxygens (including phenoxy) is 1. The molecule has 0 spiro atoms. The third-order valence-corrected chi connectivity index (χ3v) is 2.84. The van der Waals surface area contributed by atoms with E-state index in [4.69, 9.17) is 11.6 Å². The summed E-state index contributed by atoms with van der Waals surface area (Å²) in [7, 11) is 1.05. The molecule has 1 heterocycles. The van der Waals surface area contributed by atoms with Crippen LogP contribution in [0.2, 0.25) is 0 Å². The number of hydrogen-bond donors (Lipinski definition) is 0. The van der Waals surface area contributed by atoms with Gasteiger partial charge in [0.1, 0.15) is 5.75 Å². The van der Waals surface area contributed by atoms with Gasteiger partial charge < -0.3 is 14.2 Å². The first-order chi connectivity index (χ1) is 10.0. The first-order valence-corrected chi connectivity index (χ1v) is 5.42. The minimum absolute atomic E-state index is 0.257. The molecule has 92 valence electrons. The Morgan fingerprint density at radius 3 is 3.06 bits per heavy atom. The summed E-state index contributed by atoms with van der Waals surface area (Å²) in [6, 6.07) is 5.59. The summed E-state index contributed by atoms with van der Waals surface area (Å²) in [6.07, 6.45) is 1.73. The average molecular weight is 237 g/mol. The fourth-order valence-electron chi connectivity index (χ4n) is 1.63. The van der Waals surface area contributed by atoms with Crippen LogP contribution in [-0.2, 0) is 6.52 Å². The number of benzene rings is 1. The van der Waals surface area contributed by atoms with Gasteiger partial charge in [0.05, 0.1) is 12.5 Å². The summed E-state index contributed by atoms with van der Waals surface area (Å²) in [5, 5.41) is 0.772. The minimum Gasteiger partial charge on any atom is -0.497 e. The highest BCUT2D eigenvalue weighted by atomic mass is 16.5. The van der Waals surface area contributed by atoms with Crippen molar-refractivity contribution in [2.24, 2.45) is 0 Å². The van der Waals surface area contributed by atoms with Crippen molar-refractivity contribution >= 4 is 10.9 Å². The third kappa shape index (κ3) is 2.44. The highest BCUT2D eigenvalue weighted by Crippen LogP contribution is 2.22. The molecule has 0 radical (unpaired) electrons. The second-order valence-corrected chi connectivity index (χ2v) is 4.21. The molecule has 1 unspecified atom stereocenters. The van der Waals surface area contributed by atoms with Crippen LogP contribution in [0.3, 0.4) is 0 Å². The molecule has 0 saturated heterocycles. The van der Waals surface area contributed by atoms with Crippen LogP contribution in [0.1, 0.15) is 13.8 Å². The van der Waals surface area contributed by atoms with Gasteiger partial charge in [0.15, 0.2) is 0 Å². The monoisotopic (exact) mass is 237 g/mol. The Balaban J connectivity index is 2.38. The molecule has 2 atom stereocenters. The Labute approximate surface area is 110 Å². The molecular formula is C14H20N2O. The number of rotatable bonds is 4. The summed E-state index contributed by atoms with van der Waals surface area (Å²) in [4.78, 5) is 1.68. The summed E-state index contributed by atoms with van der Waals surface area (Å²) in [5.74, 6) is 0.257. The fourth-order valence-corrected chi connectivity index (χ4v) is 1.63. The molecule has 0 fully saturated rings. The molecule has 1 aromatic carbocycles. The molecule has 0 aliphatic rings. The molecule has 0 bridgehead atoms. The SMILES string of the molecule is [2H]C(n1ccc2cc(OC([2H])([2H])[2H])ccc21)[C@@]([2H])(C)N(C)C. The van der Waals surface area contributed by atoms with E-state index in [2.05, 4.69) is 0 Å². The Morgan fingerprint density at radius 2 is 2.35 bits per heavy atom. The summed E-state index contributed by atoms with van der Waals surface area (Å²) in [6.45, 7) is 0.858. The summed E-state index contributed by atoms with van der Waals surface area (Å²) >= 11 is 0. The van der Waals surface area contributed by atoms with E-state index in [-0.39, 0.29) is 5.75 Å². The van der Waals surface area contributed by atoms with Crippen molar-refractivity contribution in [3.8, 4) is 5.75 Å². The fraction of sp³-hybridized carbons (Fsp3) is 0.429. The van der Waals surface area contributed by atoms with Crippen molar-refractivity contribution < 1.29 is 11.6 Å². The molecule has 1 aromatic heterocycles. The Hall–Kier alpha value is -1.48. The van der Waals surface area contributed by atoms with Crippen LogP contribution < -0.4 is 4.74 Å². The van der Waals surface area contributed by atoms with Crippen LogP contribution in [0.4, 0.5) is 0 Å². The van der Waals surface area contributed by atoms with E-state index in [9.17, 15) is 0 Å². The molecule has 0 N–H and O–H groups in total. The van der Waals surface area contributed by atoms with Crippen LogP contribution >= 0.6 is 0 Å². The van der Waals surface area contributed by atoms with E-state index in [0.29, 0.717) is 0 Å². The molecule has 2 aromatic rings. The predicted molar refractivity (Wildman–Crippen MR) is 71.6 cm³/mol. The Kier molecular flexibility index (Phi) is 1.99. The van der Waals surface area contributed by atoms with E-state index in [1.54, 1.807) is 60.9 Å². The van der Waals surface area contributed by atoms with Crippen LogP contribution in [0.25, 0.3) is 10.9 Å². The molecule has 0 aliphatic carbocycles. The third-order valence-electron chi connectivity index (χ3n) is 2.84. The predicted octanol–water partition coefficient (Wildman–Crippen LogP) is 2.60. The van der Waals surface area contributed by atoms with Crippen molar-refractivity contribution in [1.82, 2.24) is 9.47 Å². The molecule has 0 saturated carbocycles. The van der Waals surface area contributed by atoms with E-state index >= 15 is 0 Å². The van der Waals surface area contributed by atoms with Crippen LogP contribution in [-0.4, -0.2) is 36.6 Å². The van der Waals surface area contributed by atoms with Gasteiger partial charge in [-0.25, -0.2) is 0 Å². The topological polar surface area (TPSA) is 17.4 Å². The second-order valence-electron chi connectivity index (χ2n) is 4.21. The first-order valence-electron chi connectivity index (χ1n) is 7.99. The number of aromatic nitrogens is 1. The molecule has 3 heteroatoms. The summed E-state index contributed by atoms with van der Waals surface area (Å²) in [5.41, 5.74) is 0.762. The molecule has 2 rings (SSSR count). The molecule has 17 heavy (non-hydrogen) atoms. The van der Waals surface area contributed by atoms with Crippen molar-refractivity contribution in [2.45, 2.75) is 19.5 Å². The quantitative estimate of drug-likeness (QED) is 0.813. The van der Waals surface area contributed by atoms with Gasteiger partial charge >= 0.3 is 0 Å². The number of likely N-dealkylation sites (N-methyl/N-ethyl adjacent to an activating group) is 1. The maximum Gasteiger partial charge on any atom is 0.119 e. The van der Waals surface area contributed by atoms with Crippen LogP contribution in [0.15, 0.2) is 30.5 Å². The van der Waals surface area contributed by atoms with Gasteiger partial charge in [-0.15, -0.1) is 0 Å². The van der Waals surface area contributed by atoms with Crippen molar-refractivity contribution in [2.75, 3.05) is 21.1 Å². The highest BCUT2D eigenvalue weighted by molar-refractivity contribution is 5.81. The van der Waals surface area contributed by atoms with E-state index in [0.717, 1.165) is 10.9 Å². The summed E-state index contributed by atoms with van der Waals surface area (Å²) < 4.78 is 44.6. The van der Waals surface area contributed by atoms with E-state index in [1.807, 2.05) is 0 Å². The molecule has 0 amide bonds. The Morgan fingerprint density at radius 1 is 1.53 bits per heavy atom. The van der Waals surface area contributed by atoms with Crippen LogP contribution in [0, 0.1) is 0 Å². The van der Waals surface area contributed by atoms with Gasteiger partial charge in [-0.2, -0.15) is 0 Å². The lowest BCUT2D eigenvalue weighted by atomic mass is 10.2. The van der Waals surface area contributed by atoms with Gasteiger partial charge in [-0.05, 0) is 45.3 Å². The second kappa shape index (κ2) is 4.80. The van der Waals surface area contributed by atoms with Crippen LogP contribution in [0.5, 0.6) is 5.75 Å². The number of nitrogens with zero attached hydrogens (tertiary/aromatic N) is 2. The molecule has 3 nitrogen and oxygen atoms in total. The zero-order chi connectivity index (χ0) is 16.7. The van der Waals surface area contributed by atoms with E-state index < -0.39 is 19.6 Å². The molecule has 0 aliphatic heterocycles.